The van der Waals surface area contributed by atoms with Crippen LogP contribution in [0.5, 0.6) is 0 Å². The van der Waals surface area contributed by atoms with Gasteiger partial charge in [-0.1, -0.05) is 24.3 Å². The molecule has 1 aromatic heterocycles. The lowest BCUT2D eigenvalue weighted by Gasteiger charge is -2.05. The fourth-order valence-electron chi connectivity index (χ4n) is 1.60. The van der Waals surface area contributed by atoms with Gasteiger partial charge in [-0.15, -0.1) is 0 Å². The molecule has 0 radical (unpaired) electrons. The van der Waals surface area contributed by atoms with E-state index in [0.29, 0.717) is 6.42 Å². The van der Waals surface area contributed by atoms with Gasteiger partial charge in [-0.25, -0.2) is 4.79 Å². The van der Waals surface area contributed by atoms with Gasteiger partial charge in [0.1, 0.15) is 0 Å². The third-order valence-electron chi connectivity index (χ3n) is 2.28. The van der Waals surface area contributed by atoms with Crippen LogP contribution in [0.3, 0.4) is 0 Å². The molecular formula is C11H12N2O2. The summed E-state index contributed by atoms with van der Waals surface area (Å²) in [5, 5.41) is 8.92. The maximum atomic E-state index is 11.0. The monoisotopic (exact) mass is 204 g/mol. The van der Waals surface area contributed by atoms with E-state index in [9.17, 15) is 4.79 Å². The first kappa shape index (κ1) is 9.73. The molecule has 0 aliphatic carbocycles. The van der Waals surface area contributed by atoms with Gasteiger partial charge < -0.3 is 15.1 Å². The van der Waals surface area contributed by atoms with Crippen LogP contribution in [-0.2, 0) is 6.42 Å². The largest absolute Gasteiger partial charge is 0.396 e. The lowest BCUT2D eigenvalue weighted by Crippen LogP contribution is -2.00. The summed E-state index contributed by atoms with van der Waals surface area (Å²) in [5.74, 6) is 0. The molecule has 0 amide bonds. The number of H-pyrrole nitrogens is 2. The number of imidazole rings is 1. The normalized spacial score (nSPS) is 10.5. The van der Waals surface area contributed by atoms with Gasteiger partial charge in [-0.3, -0.25) is 0 Å². The molecule has 0 saturated heterocycles. The van der Waals surface area contributed by atoms with Crippen molar-refractivity contribution in [3.8, 4) is 11.3 Å². The number of hydrogen-bond acceptors (Lipinski definition) is 2. The highest BCUT2D eigenvalue weighted by Gasteiger charge is 2.05. The molecule has 78 valence electrons. The van der Waals surface area contributed by atoms with E-state index in [0.717, 1.165) is 16.8 Å². The van der Waals surface area contributed by atoms with Gasteiger partial charge in [0.15, 0.2) is 0 Å². The van der Waals surface area contributed by atoms with Gasteiger partial charge >= 0.3 is 5.69 Å². The van der Waals surface area contributed by atoms with E-state index in [4.69, 9.17) is 5.11 Å². The second kappa shape index (κ2) is 4.14. The third-order valence-corrected chi connectivity index (χ3v) is 2.28. The second-order valence-electron chi connectivity index (χ2n) is 3.29. The number of aromatic nitrogens is 2. The zero-order valence-electron chi connectivity index (χ0n) is 8.16. The van der Waals surface area contributed by atoms with Gasteiger partial charge in [0.2, 0.25) is 0 Å². The Kier molecular flexibility index (Phi) is 2.69. The van der Waals surface area contributed by atoms with Gasteiger partial charge in [0.25, 0.3) is 0 Å². The summed E-state index contributed by atoms with van der Waals surface area (Å²) in [7, 11) is 0. The number of hydrogen-bond donors (Lipinski definition) is 3. The molecule has 0 atom stereocenters. The molecule has 4 nitrogen and oxygen atoms in total. The van der Waals surface area contributed by atoms with E-state index in [1.54, 1.807) is 6.20 Å². The summed E-state index contributed by atoms with van der Waals surface area (Å²) in [5.41, 5.74) is 2.51. The molecule has 2 aromatic rings. The van der Waals surface area contributed by atoms with E-state index >= 15 is 0 Å². The standard InChI is InChI=1S/C11H12N2O2/c14-6-5-8-3-1-2-4-9(8)10-7-12-11(15)13-10/h1-4,7,14H,5-6H2,(H2,12,13,15). The zero-order valence-corrected chi connectivity index (χ0v) is 8.16. The molecule has 0 aliphatic rings. The number of aromatic amines is 2. The smallest absolute Gasteiger partial charge is 0.323 e. The number of aliphatic hydroxyl groups excluding tert-OH is 1. The lowest BCUT2D eigenvalue weighted by molar-refractivity contribution is 0.300. The number of aliphatic hydroxyl groups is 1. The summed E-state index contributed by atoms with van der Waals surface area (Å²) >= 11 is 0. The zero-order chi connectivity index (χ0) is 10.7. The summed E-state index contributed by atoms with van der Waals surface area (Å²) in [6.45, 7) is 0.103. The van der Waals surface area contributed by atoms with Gasteiger partial charge in [-0.05, 0) is 12.0 Å². The highest BCUT2D eigenvalue weighted by molar-refractivity contribution is 5.62. The van der Waals surface area contributed by atoms with Gasteiger partial charge in [0, 0.05) is 18.4 Å². The predicted octanol–water partition coefficient (Wildman–Crippen LogP) is 0.905. The Balaban J connectivity index is 2.47. The van der Waals surface area contributed by atoms with Crippen molar-refractivity contribution in [1.82, 2.24) is 9.97 Å². The summed E-state index contributed by atoms with van der Waals surface area (Å²) in [6, 6.07) is 7.68. The minimum Gasteiger partial charge on any atom is -0.396 e. The Morgan fingerprint density at radius 3 is 2.73 bits per heavy atom. The maximum Gasteiger partial charge on any atom is 0.323 e. The van der Waals surface area contributed by atoms with Crippen LogP contribution in [0.4, 0.5) is 0 Å². The molecule has 2 rings (SSSR count). The number of rotatable bonds is 3. The summed E-state index contributed by atoms with van der Waals surface area (Å²) in [4.78, 5) is 16.2. The first-order chi connectivity index (χ1) is 7.31. The summed E-state index contributed by atoms with van der Waals surface area (Å²) in [6.07, 6.45) is 2.22. The molecule has 15 heavy (non-hydrogen) atoms. The minimum atomic E-state index is -0.219. The average molecular weight is 204 g/mol. The average Bonchev–Trinajstić information content (AvgIpc) is 2.66. The number of benzene rings is 1. The molecule has 1 aromatic carbocycles. The number of nitrogens with one attached hydrogen (secondary N) is 2. The fourth-order valence-corrected chi connectivity index (χ4v) is 1.60. The molecule has 4 heteroatoms. The maximum absolute atomic E-state index is 11.0. The highest BCUT2D eigenvalue weighted by Crippen LogP contribution is 2.20. The molecule has 0 spiro atoms. The van der Waals surface area contributed by atoms with Crippen molar-refractivity contribution in [1.29, 1.82) is 0 Å². The fraction of sp³-hybridized carbons (Fsp3) is 0.182. The van der Waals surface area contributed by atoms with Crippen LogP contribution >= 0.6 is 0 Å². The van der Waals surface area contributed by atoms with Crippen LogP contribution in [0.2, 0.25) is 0 Å². The molecule has 0 bridgehead atoms. The third kappa shape index (κ3) is 1.99. The highest BCUT2D eigenvalue weighted by atomic mass is 16.2. The molecular weight excluding hydrogens is 192 g/mol. The Morgan fingerprint density at radius 1 is 1.27 bits per heavy atom. The Bertz CT molecular complexity index is 499. The second-order valence-corrected chi connectivity index (χ2v) is 3.29. The van der Waals surface area contributed by atoms with Crippen LogP contribution in [-0.4, -0.2) is 21.7 Å². The first-order valence-electron chi connectivity index (χ1n) is 4.78. The van der Waals surface area contributed by atoms with E-state index in [2.05, 4.69) is 9.97 Å². The molecule has 3 N–H and O–H groups in total. The van der Waals surface area contributed by atoms with Crippen LogP contribution < -0.4 is 5.69 Å². The molecule has 1 heterocycles. The van der Waals surface area contributed by atoms with Crippen molar-refractivity contribution in [2.45, 2.75) is 6.42 Å². The molecule has 0 fully saturated rings. The lowest BCUT2D eigenvalue weighted by atomic mass is 10.0. The Morgan fingerprint density at radius 2 is 2.07 bits per heavy atom. The van der Waals surface area contributed by atoms with Crippen molar-refractivity contribution >= 4 is 0 Å². The van der Waals surface area contributed by atoms with Gasteiger partial charge in [0.05, 0.1) is 5.69 Å². The quantitative estimate of drug-likeness (QED) is 0.695. The van der Waals surface area contributed by atoms with E-state index in [-0.39, 0.29) is 12.3 Å². The van der Waals surface area contributed by atoms with Crippen molar-refractivity contribution in [2.75, 3.05) is 6.61 Å². The van der Waals surface area contributed by atoms with Crippen LogP contribution in [0.25, 0.3) is 11.3 Å². The van der Waals surface area contributed by atoms with Crippen LogP contribution in [0.15, 0.2) is 35.3 Å². The summed E-state index contributed by atoms with van der Waals surface area (Å²) < 4.78 is 0. The first-order valence-corrected chi connectivity index (χ1v) is 4.78. The van der Waals surface area contributed by atoms with E-state index < -0.39 is 0 Å². The van der Waals surface area contributed by atoms with E-state index in [1.807, 2.05) is 24.3 Å². The topological polar surface area (TPSA) is 68.9 Å². The van der Waals surface area contributed by atoms with Crippen molar-refractivity contribution < 1.29 is 5.11 Å². The minimum absolute atomic E-state index is 0.103. The van der Waals surface area contributed by atoms with Crippen LogP contribution in [0, 0.1) is 0 Å². The van der Waals surface area contributed by atoms with Crippen molar-refractivity contribution in [2.24, 2.45) is 0 Å². The molecule has 0 saturated carbocycles. The SMILES string of the molecule is O=c1[nH]cc(-c2ccccc2CCO)[nH]1. The van der Waals surface area contributed by atoms with Gasteiger partial charge in [-0.2, -0.15) is 0 Å². The van der Waals surface area contributed by atoms with Crippen LogP contribution in [0.1, 0.15) is 5.56 Å². The predicted molar refractivity (Wildman–Crippen MR) is 57.6 cm³/mol. The molecule has 0 aliphatic heterocycles. The van der Waals surface area contributed by atoms with E-state index in [1.165, 1.54) is 0 Å². The molecule has 0 unspecified atom stereocenters. The Labute approximate surface area is 86.6 Å². The Hall–Kier alpha value is -1.81. The van der Waals surface area contributed by atoms with Crippen molar-refractivity contribution in [3.63, 3.8) is 0 Å². The van der Waals surface area contributed by atoms with Crippen molar-refractivity contribution in [3.05, 3.63) is 46.5 Å².